The van der Waals surface area contributed by atoms with Crippen LogP contribution in [-0.4, -0.2) is 22.8 Å². The summed E-state index contributed by atoms with van der Waals surface area (Å²) in [6, 6.07) is 2.49. The van der Waals surface area contributed by atoms with Gasteiger partial charge in [0.05, 0.1) is 0 Å². The van der Waals surface area contributed by atoms with Crippen LogP contribution in [0.5, 0.6) is 0 Å². The molecule has 2 aliphatic rings. The van der Waals surface area contributed by atoms with Gasteiger partial charge in [-0.05, 0) is 23.9 Å². The summed E-state index contributed by atoms with van der Waals surface area (Å²) in [6.07, 6.45) is 12.8. The van der Waals surface area contributed by atoms with Gasteiger partial charge in [-0.1, -0.05) is 57.8 Å². The largest absolute Gasteiger partial charge is 0.398 e. The number of hydrogen-bond donors (Lipinski definition) is 0. The Kier molecular flexibility index (Phi) is 5.71. The Balaban J connectivity index is 1.89. The third-order valence-electron chi connectivity index (χ3n) is 5.14. The van der Waals surface area contributed by atoms with E-state index < -0.39 is 8.56 Å². The van der Waals surface area contributed by atoms with E-state index in [1.165, 1.54) is 69.9 Å². The van der Waals surface area contributed by atoms with Crippen LogP contribution in [0.3, 0.4) is 0 Å². The van der Waals surface area contributed by atoms with Crippen molar-refractivity contribution in [3.8, 4) is 0 Å². The first-order valence-electron chi connectivity index (χ1n) is 7.88. The topological polar surface area (TPSA) is 18.5 Å². The van der Waals surface area contributed by atoms with Gasteiger partial charge in [0.25, 0.3) is 0 Å². The van der Waals surface area contributed by atoms with Gasteiger partial charge in [-0.2, -0.15) is 0 Å². The van der Waals surface area contributed by atoms with Crippen LogP contribution in [0.25, 0.3) is 0 Å². The summed E-state index contributed by atoms with van der Waals surface area (Å²) in [7, 11) is 1.90. The van der Waals surface area contributed by atoms with Crippen molar-refractivity contribution in [2.75, 3.05) is 14.2 Å². The van der Waals surface area contributed by atoms with Crippen molar-refractivity contribution < 1.29 is 8.85 Å². The Labute approximate surface area is 114 Å². The van der Waals surface area contributed by atoms with Crippen LogP contribution < -0.4 is 0 Å². The quantitative estimate of drug-likeness (QED) is 0.523. The molecule has 0 amide bonds. The fourth-order valence-corrected chi connectivity index (χ4v) is 7.22. The summed E-state index contributed by atoms with van der Waals surface area (Å²) in [5.74, 6) is 1.78. The molecule has 0 aromatic heterocycles. The number of rotatable bonds is 6. The molecule has 0 bridgehead atoms. The predicted octanol–water partition coefficient (Wildman–Crippen LogP) is 4.49. The molecule has 0 spiro atoms. The molecule has 2 saturated carbocycles. The maximum atomic E-state index is 5.95. The Morgan fingerprint density at radius 1 is 0.722 bits per heavy atom. The molecule has 2 aliphatic carbocycles. The molecular weight excluding hydrogens is 240 g/mol. The molecule has 0 saturated heterocycles. The molecule has 0 aliphatic heterocycles. The monoisotopic (exact) mass is 270 g/mol. The van der Waals surface area contributed by atoms with E-state index in [0.717, 1.165) is 11.8 Å². The lowest BCUT2D eigenvalue weighted by Gasteiger charge is -2.36. The minimum Gasteiger partial charge on any atom is -0.398 e. The van der Waals surface area contributed by atoms with Crippen molar-refractivity contribution in [1.29, 1.82) is 0 Å². The van der Waals surface area contributed by atoms with Gasteiger partial charge < -0.3 is 8.85 Å². The second-order valence-electron chi connectivity index (χ2n) is 6.38. The lowest BCUT2D eigenvalue weighted by Crippen LogP contribution is -2.44. The molecule has 106 valence electrons. The second-order valence-corrected chi connectivity index (χ2v) is 9.84. The van der Waals surface area contributed by atoms with Gasteiger partial charge in [0.1, 0.15) is 0 Å². The summed E-state index contributed by atoms with van der Waals surface area (Å²) >= 11 is 0. The molecule has 2 rings (SSSR count). The highest BCUT2D eigenvalue weighted by Gasteiger charge is 2.41. The molecule has 0 aromatic carbocycles. The van der Waals surface area contributed by atoms with Crippen LogP contribution in [0.15, 0.2) is 0 Å². The third-order valence-corrected chi connectivity index (χ3v) is 9.03. The second kappa shape index (κ2) is 7.06. The van der Waals surface area contributed by atoms with Gasteiger partial charge in [-0.3, -0.25) is 0 Å². The summed E-state index contributed by atoms with van der Waals surface area (Å²) < 4.78 is 11.9. The molecule has 0 aromatic rings. The van der Waals surface area contributed by atoms with Gasteiger partial charge in [0.15, 0.2) is 0 Å². The molecular formula is C15H30O2Si. The van der Waals surface area contributed by atoms with E-state index in [1.807, 2.05) is 14.2 Å². The van der Waals surface area contributed by atoms with E-state index in [9.17, 15) is 0 Å². The third kappa shape index (κ3) is 3.81. The zero-order valence-electron chi connectivity index (χ0n) is 12.2. The van der Waals surface area contributed by atoms with E-state index in [1.54, 1.807) is 0 Å². The molecule has 0 radical (unpaired) electrons. The average Bonchev–Trinajstić information content (AvgIpc) is 2.61. The summed E-state index contributed by atoms with van der Waals surface area (Å²) in [6.45, 7) is 0. The molecule has 0 heterocycles. The van der Waals surface area contributed by atoms with E-state index in [2.05, 4.69) is 0 Å². The molecule has 18 heavy (non-hydrogen) atoms. The Morgan fingerprint density at radius 2 is 1.17 bits per heavy atom. The van der Waals surface area contributed by atoms with Gasteiger partial charge in [-0.25, -0.2) is 0 Å². The Hall–Kier alpha value is 0.137. The van der Waals surface area contributed by atoms with Crippen LogP contribution >= 0.6 is 0 Å². The fourth-order valence-electron chi connectivity index (χ4n) is 3.64. The molecule has 2 nitrogen and oxygen atoms in total. The van der Waals surface area contributed by atoms with Crippen LogP contribution in [-0.2, 0) is 8.85 Å². The minimum absolute atomic E-state index is 0.874. The van der Waals surface area contributed by atoms with Gasteiger partial charge in [-0.15, -0.1) is 0 Å². The van der Waals surface area contributed by atoms with Crippen LogP contribution in [0.1, 0.15) is 57.8 Å². The van der Waals surface area contributed by atoms with Crippen molar-refractivity contribution in [2.45, 2.75) is 69.9 Å². The maximum Gasteiger partial charge on any atom is 0.338 e. The Morgan fingerprint density at radius 3 is 1.50 bits per heavy atom. The Bertz CT molecular complexity index is 229. The van der Waals surface area contributed by atoms with Crippen molar-refractivity contribution in [2.24, 2.45) is 11.8 Å². The SMILES string of the molecule is CO[Si](CC1CCCCCC1)(CC1CCC1)OC. The predicted molar refractivity (Wildman–Crippen MR) is 77.9 cm³/mol. The van der Waals surface area contributed by atoms with Crippen molar-refractivity contribution in [1.82, 2.24) is 0 Å². The van der Waals surface area contributed by atoms with E-state index in [-0.39, 0.29) is 0 Å². The van der Waals surface area contributed by atoms with Crippen molar-refractivity contribution >= 4 is 8.56 Å². The van der Waals surface area contributed by atoms with E-state index in [0.29, 0.717) is 0 Å². The van der Waals surface area contributed by atoms with E-state index >= 15 is 0 Å². The van der Waals surface area contributed by atoms with Crippen LogP contribution in [0.4, 0.5) is 0 Å². The highest BCUT2D eigenvalue weighted by molar-refractivity contribution is 6.67. The van der Waals surface area contributed by atoms with Gasteiger partial charge in [0, 0.05) is 14.2 Å². The van der Waals surface area contributed by atoms with Crippen molar-refractivity contribution in [3.63, 3.8) is 0 Å². The molecule has 0 N–H and O–H groups in total. The zero-order valence-corrected chi connectivity index (χ0v) is 13.2. The highest BCUT2D eigenvalue weighted by atomic mass is 28.4. The first kappa shape index (κ1) is 14.5. The molecule has 0 unspecified atom stereocenters. The molecule has 2 fully saturated rings. The summed E-state index contributed by atoms with van der Waals surface area (Å²) in [5, 5.41) is 0. The van der Waals surface area contributed by atoms with Gasteiger partial charge >= 0.3 is 8.56 Å². The smallest absolute Gasteiger partial charge is 0.338 e. The fraction of sp³-hybridized carbons (Fsp3) is 1.00. The molecule has 0 atom stereocenters. The lowest BCUT2D eigenvalue weighted by atomic mass is 9.87. The van der Waals surface area contributed by atoms with E-state index in [4.69, 9.17) is 8.85 Å². The normalized spacial score (nSPS) is 23.7. The molecule has 3 heteroatoms. The maximum absolute atomic E-state index is 5.95. The average molecular weight is 270 g/mol. The number of hydrogen-bond acceptors (Lipinski definition) is 2. The van der Waals surface area contributed by atoms with Crippen molar-refractivity contribution in [3.05, 3.63) is 0 Å². The minimum atomic E-state index is -1.89. The van der Waals surface area contributed by atoms with Crippen LogP contribution in [0, 0.1) is 11.8 Å². The van der Waals surface area contributed by atoms with Crippen LogP contribution in [0.2, 0.25) is 12.1 Å². The first-order chi connectivity index (χ1) is 8.78. The summed E-state index contributed by atoms with van der Waals surface area (Å²) in [4.78, 5) is 0. The zero-order chi connectivity index (χ0) is 12.8. The lowest BCUT2D eigenvalue weighted by molar-refractivity contribution is 0.209. The van der Waals surface area contributed by atoms with Gasteiger partial charge in [0.2, 0.25) is 0 Å². The standard InChI is InChI=1S/C15H30O2Si/c1-16-18(17-2,13-15-10-7-11-15)12-14-8-5-3-4-6-9-14/h14-15H,3-13H2,1-2H3. The highest BCUT2D eigenvalue weighted by Crippen LogP contribution is 2.39. The first-order valence-corrected chi connectivity index (χ1v) is 10.1. The summed E-state index contributed by atoms with van der Waals surface area (Å²) in [5.41, 5.74) is 0.